The number of carbonyl (C=O) groups excluding carboxylic acids is 1. The van der Waals surface area contributed by atoms with Gasteiger partial charge in [0.25, 0.3) is 5.91 Å². The van der Waals surface area contributed by atoms with Crippen LogP contribution in [0.2, 0.25) is 0 Å². The number of rotatable bonds is 6. The van der Waals surface area contributed by atoms with E-state index in [-0.39, 0.29) is 24.4 Å². The molecule has 3 aromatic rings. The number of nitrogens with zero attached hydrogens (tertiary/aromatic N) is 2. The lowest BCUT2D eigenvalue weighted by molar-refractivity contribution is -0.120. The summed E-state index contributed by atoms with van der Waals surface area (Å²) in [5.74, 6) is 0.116. The molecule has 4 rings (SSSR count). The van der Waals surface area contributed by atoms with Crippen LogP contribution in [-0.2, 0) is 9.53 Å². The van der Waals surface area contributed by atoms with Crippen molar-refractivity contribution < 1.29 is 18.7 Å². The second-order valence-corrected chi connectivity index (χ2v) is 7.36. The number of ether oxygens (including phenoxy) is 2. The first-order valence-corrected chi connectivity index (χ1v) is 9.66. The van der Waals surface area contributed by atoms with Crippen LogP contribution in [0.15, 0.2) is 48.5 Å². The zero-order valence-electron chi connectivity index (χ0n) is 14.6. The summed E-state index contributed by atoms with van der Waals surface area (Å²) in [5, 5.41) is 0.535. The van der Waals surface area contributed by atoms with Crippen molar-refractivity contribution in [2.24, 2.45) is 0 Å². The maximum absolute atomic E-state index is 13.5. The largest absolute Gasteiger partial charge is 0.484 e. The van der Waals surface area contributed by atoms with Crippen LogP contribution in [0.3, 0.4) is 0 Å². The van der Waals surface area contributed by atoms with Crippen LogP contribution in [0.4, 0.5) is 9.52 Å². The van der Waals surface area contributed by atoms with E-state index in [2.05, 4.69) is 4.98 Å². The van der Waals surface area contributed by atoms with E-state index in [9.17, 15) is 9.18 Å². The molecule has 1 amide bonds. The lowest BCUT2D eigenvalue weighted by Gasteiger charge is -2.23. The van der Waals surface area contributed by atoms with Crippen molar-refractivity contribution in [2.45, 2.75) is 18.9 Å². The standard InChI is InChI=1S/C20H19FN2O3S/c21-14-8-9-17-18(11-14)27-20(22-17)23(12-16-7-4-10-25-16)19(24)13-26-15-5-2-1-3-6-15/h1-3,5-6,8-9,11,16H,4,7,10,12-13H2. The molecule has 2 heterocycles. The molecular weight excluding hydrogens is 367 g/mol. The molecule has 1 aliphatic heterocycles. The topological polar surface area (TPSA) is 51.7 Å². The summed E-state index contributed by atoms with van der Waals surface area (Å²) in [5.41, 5.74) is 0.672. The molecule has 5 nitrogen and oxygen atoms in total. The average Bonchev–Trinajstić information content (AvgIpc) is 3.34. The Kier molecular flexibility index (Phi) is 5.31. The molecule has 1 atom stereocenters. The Morgan fingerprint density at radius 1 is 1.30 bits per heavy atom. The number of halogens is 1. The summed E-state index contributed by atoms with van der Waals surface area (Å²) >= 11 is 1.30. The molecule has 1 aromatic heterocycles. The quantitative estimate of drug-likeness (QED) is 0.642. The zero-order chi connectivity index (χ0) is 18.6. The van der Waals surface area contributed by atoms with Gasteiger partial charge in [0.05, 0.1) is 22.9 Å². The number of fused-ring (bicyclic) bond motifs is 1. The summed E-state index contributed by atoms with van der Waals surface area (Å²) in [6.07, 6.45) is 1.87. The lowest BCUT2D eigenvalue weighted by atomic mass is 10.2. The fourth-order valence-electron chi connectivity index (χ4n) is 3.02. The van der Waals surface area contributed by atoms with Gasteiger partial charge in [0.2, 0.25) is 0 Å². The molecule has 1 saturated heterocycles. The van der Waals surface area contributed by atoms with Crippen LogP contribution in [-0.4, -0.2) is 36.8 Å². The average molecular weight is 386 g/mol. The fourth-order valence-corrected chi connectivity index (χ4v) is 4.04. The monoisotopic (exact) mass is 386 g/mol. The predicted molar refractivity (Wildman–Crippen MR) is 103 cm³/mol. The molecule has 0 radical (unpaired) electrons. The Morgan fingerprint density at radius 3 is 2.93 bits per heavy atom. The molecule has 1 unspecified atom stereocenters. The van der Waals surface area contributed by atoms with Crippen molar-refractivity contribution in [3.05, 3.63) is 54.3 Å². The molecule has 1 aliphatic rings. The maximum Gasteiger partial charge on any atom is 0.266 e. The minimum absolute atomic E-state index is 0.0191. The number of aromatic nitrogens is 1. The second-order valence-electron chi connectivity index (χ2n) is 6.35. The van der Waals surface area contributed by atoms with Gasteiger partial charge in [-0.2, -0.15) is 0 Å². The molecule has 0 N–H and O–H groups in total. The smallest absolute Gasteiger partial charge is 0.266 e. The van der Waals surface area contributed by atoms with E-state index in [1.165, 1.54) is 23.5 Å². The van der Waals surface area contributed by atoms with Crippen molar-refractivity contribution >= 4 is 32.6 Å². The van der Waals surface area contributed by atoms with Crippen molar-refractivity contribution in [1.82, 2.24) is 4.98 Å². The Balaban J connectivity index is 1.55. The van der Waals surface area contributed by atoms with Gasteiger partial charge in [-0.1, -0.05) is 29.5 Å². The van der Waals surface area contributed by atoms with Gasteiger partial charge < -0.3 is 9.47 Å². The van der Waals surface area contributed by atoms with E-state index < -0.39 is 0 Å². The van der Waals surface area contributed by atoms with E-state index in [4.69, 9.17) is 9.47 Å². The van der Waals surface area contributed by atoms with Crippen LogP contribution in [0, 0.1) is 5.82 Å². The van der Waals surface area contributed by atoms with Gasteiger partial charge in [-0.05, 0) is 43.2 Å². The highest BCUT2D eigenvalue weighted by atomic mass is 32.1. The van der Waals surface area contributed by atoms with Crippen LogP contribution in [0.1, 0.15) is 12.8 Å². The van der Waals surface area contributed by atoms with Gasteiger partial charge in [-0.25, -0.2) is 9.37 Å². The number of benzene rings is 2. The molecule has 7 heteroatoms. The van der Waals surface area contributed by atoms with Crippen LogP contribution in [0.25, 0.3) is 10.2 Å². The normalized spacial score (nSPS) is 16.6. The van der Waals surface area contributed by atoms with Gasteiger partial charge in [-0.15, -0.1) is 0 Å². The SMILES string of the molecule is O=C(COc1ccccc1)N(CC1CCCO1)c1nc2ccc(F)cc2s1. The van der Waals surface area contributed by atoms with Gasteiger partial charge in [0.15, 0.2) is 11.7 Å². The maximum atomic E-state index is 13.5. The van der Waals surface area contributed by atoms with Crippen molar-refractivity contribution in [3.63, 3.8) is 0 Å². The first kappa shape index (κ1) is 17.9. The molecule has 0 spiro atoms. The first-order chi connectivity index (χ1) is 13.2. The molecule has 1 fully saturated rings. The van der Waals surface area contributed by atoms with Gasteiger partial charge in [0.1, 0.15) is 11.6 Å². The number of hydrogen-bond donors (Lipinski definition) is 0. The Morgan fingerprint density at radius 2 is 2.15 bits per heavy atom. The number of hydrogen-bond acceptors (Lipinski definition) is 5. The van der Waals surface area contributed by atoms with Crippen LogP contribution < -0.4 is 9.64 Å². The van der Waals surface area contributed by atoms with Gasteiger partial charge >= 0.3 is 0 Å². The lowest BCUT2D eigenvalue weighted by Crippen LogP contribution is -2.40. The van der Waals surface area contributed by atoms with Crippen LogP contribution >= 0.6 is 11.3 Å². The Bertz CT molecular complexity index is 925. The molecule has 0 saturated carbocycles. The Hall–Kier alpha value is -2.51. The highest BCUT2D eigenvalue weighted by Gasteiger charge is 2.26. The molecule has 0 bridgehead atoms. The predicted octanol–water partition coefficient (Wildman–Crippen LogP) is 4.03. The summed E-state index contributed by atoms with van der Waals surface area (Å²) < 4.78 is 25.5. The summed E-state index contributed by atoms with van der Waals surface area (Å²) in [6, 6.07) is 13.6. The Labute approximate surface area is 160 Å². The minimum atomic E-state index is -0.317. The van der Waals surface area contributed by atoms with E-state index in [0.29, 0.717) is 34.2 Å². The van der Waals surface area contributed by atoms with Crippen molar-refractivity contribution in [1.29, 1.82) is 0 Å². The van der Waals surface area contributed by atoms with E-state index in [1.54, 1.807) is 23.1 Å². The number of anilines is 1. The minimum Gasteiger partial charge on any atom is -0.484 e. The number of carbonyl (C=O) groups is 1. The van der Waals surface area contributed by atoms with Crippen molar-refractivity contribution in [3.8, 4) is 5.75 Å². The molecule has 2 aromatic carbocycles. The summed E-state index contributed by atoms with van der Waals surface area (Å²) in [6.45, 7) is 1.03. The third-order valence-corrected chi connectivity index (χ3v) is 5.43. The van der Waals surface area contributed by atoms with Crippen molar-refractivity contribution in [2.75, 3.05) is 24.7 Å². The summed E-state index contributed by atoms with van der Waals surface area (Å²) in [7, 11) is 0. The molecule has 27 heavy (non-hydrogen) atoms. The van der Waals surface area contributed by atoms with E-state index in [1.807, 2.05) is 18.2 Å². The molecule has 0 aliphatic carbocycles. The first-order valence-electron chi connectivity index (χ1n) is 8.85. The zero-order valence-corrected chi connectivity index (χ0v) is 15.5. The fraction of sp³-hybridized carbons (Fsp3) is 0.300. The van der Waals surface area contributed by atoms with Gasteiger partial charge in [0, 0.05) is 6.61 Å². The second kappa shape index (κ2) is 8.02. The highest BCUT2D eigenvalue weighted by Crippen LogP contribution is 2.30. The number of amides is 1. The van der Waals surface area contributed by atoms with E-state index in [0.717, 1.165) is 12.8 Å². The molecular formula is C20H19FN2O3S. The van der Waals surface area contributed by atoms with Crippen LogP contribution in [0.5, 0.6) is 5.75 Å². The third kappa shape index (κ3) is 4.26. The third-order valence-electron chi connectivity index (χ3n) is 4.39. The van der Waals surface area contributed by atoms with Gasteiger partial charge in [-0.3, -0.25) is 9.69 Å². The number of thiazole rings is 1. The van der Waals surface area contributed by atoms with E-state index >= 15 is 0 Å². The molecule has 140 valence electrons. The number of para-hydroxylation sites is 1. The highest BCUT2D eigenvalue weighted by molar-refractivity contribution is 7.22. The summed E-state index contributed by atoms with van der Waals surface area (Å²) in [4.78, 5) is 19.0.